The number of hydrogen-bond acceptors (Lipinski definition) is 3. The Balaban J connectivity index is 1.94. The minimum Gasteiger partial charge on any atom is -0.484 e. The third-order valence-electron chi connectivity index (χ3n) is 2.15. The van der Waals surface area contributed by atoms with Crippen molar-refractivity contribution in [1.29, 1.82) is 0 Å². The number of rotatable bonds is 3. The topological polar surface area (TPSA) is 44.1 Å². The van der Waals surface area contributed by atoms with Crippen LogP contribution in [0.1, 0.15) is 10.5 Å². The highest BCUT2D eigenvalue weighted by Gasteiger charge is 2.06. The van der Waals surface area contributed by atoms with E-state index in [0.717, 1.165) is 5.69 Å². The van der Waals surface area contributed by atoms with E-state index < -0.39 is 0 Å². The van der Waals surface area contributed by atoms with E-state index in [1.165, 1.54) is 4.68 Å². The largest absolute Gasteiger partial charge is 0.484 e. The molecule has 0 radical (unpaired) electrons. The quantitative estimate of drug-likeness (QED) is 0.841. The molecule has 2 rings (SSSR count). The summed E-state index contributed by atoms with van der Waals surface area (Å²) in [4.78, 5) is 11.6. The first-order chi connectivity index (χ1) is 8.15. The van der Waals surface area contributed by atoms with Crippen molar-refractivity contribution in [2.45, 2.75) is 6.92 Å². The molecule has 1 aromatic heterocycles. The van der Waals surface area contributed by atoms with Gasteiger partial charge in [0.25, 0.3) is 5.91 Å². The molecule has 0 bridgehead atoms. The van der Waals surface area contributed by atoms with Gasteiger partial charge in [0.05, 0.1) is 5.69 Å². The number of hydrogen-bond donors (Lipinski definition) is 0. The summed E-state index contributed by atoms with van der Waals surface area (Å²) in [5.41, 5.74) is 0.796. The molecule has 0 unspecified atom stereocenters. The number of halogens is 1. The summed E-state index contributed by atoms with van der Waals surface area (Å²) >= 11 is 5.74. The van der Waals surface area contributed by atoms with Crippen molar-refractivity contribution in [3.05, 3.63) is 47.2 Å². The molecule has 0 aliphatic carbocycles. The molecule has 0 amide bonds. The van der Waals surface area contributed by atoms with Crippen LogP contribution >= 0.6 is 11.6 Å². The predicted octanol–water partition coefficient (Wildman–Crippen LogP) is 2.56. The van der Waals surface area contributed by atoms with Gasteiger partial charge in [-0.25, -0.2) is 4.68 Å². The molecule has 0 saturated heterocycles. The van der Waals surface area contributed by atoms with Gasteiger partial charge in [-0.15, -0.1) is 0 Å². The second kappa shape index (κ2) is 5.01. The van der Waals surface area contributed by atoms with E-state index in [0.29, 0.717) is 10.8 Å². The van der Waals surface area contributed by atoms with E-state index in [1.54, 1.807) is 36.5 Å². The molecular weight excluding hydrogens is 240 g/mol. The smallest absolute Gasteiger partial charge is 0.284 e. The first-order valence-electron chi connectivity index (χ1n) is 5.09. The zero-order valence-corrected chi connectivity index (χ0v) is 10.0. The van der Waals surface area contributed by atoms with Crippen LogP contribution in [0.2, 0.25) is 5.02 Å². The Kier molecular flexibility index (Phi) is 3.44. The lowest BCUT2D eigenvalue weighted by atomic mass is 10.3. The van der Waals surface area contributed by atoms with E-state index >= 15 is 0 Å². The number of nitrogens with zero attached hydrogens (tertiary/aromatic N) is 2. The van der Waals surface area contributed by atoms with Gasteiger partial charge in [0, 0.05) is 11.2 Å². The van der Waals surface area contributed by atoms with E-state index in [9.17, 15) is 4.79 Å². The van der Waals surface area contributed by atoms with E-state index in [-0.39, 0.29) is 12.5 Å². The fourth-order valence-corrected chi connectivity index (χ4v) is 1.42. The second-order valence-electron chi connectivity index (χ2n) is 3.54. The summed E-state index contributed by atoms with van der Waals surface area (Å²) in [6, 6.07) is 8.60. The Labute approximate surface area is 104 Å². The molecule has 0 aliphatic rings. The van der Waals surface area contributed by atoms with Gasteiger partial charge in [-0.1, -0.05) is 11.6 Å². The second-order valence-corrected chi connectivity index (χ2v) is 3.97. The summed E-state index contributed by atoms with van der Waals surface area (Å²) in [6.07, 6.45) is 1.61. The lowest BCUT2D eigenvalue weighted by molar-refractivity contribution is 0.0820. The van der Waals surface area contributed by atoms with Crippen LogP contribution in [-0.4, -0.2) is 22.3 Å². The minimum absolute atomic E-state index is 0.0528. The van der Waals surface area contributed by atoms with Crippen LogP contribution in [0.15, 0.2) is 36.5 Å². The molecule has 5 heteroatoms. The van der Waals surface area contributed by atoms with E-state index in [2.05, 4.69) is 5.10 Å². The van der Waals surface area contributed by atoms with E-state index in [1.807, 2.05) is 6.92 Å². The van der Waals surface area contributed by atoms with Crippen molar-refractivity contribution >= 4 is 17.5 Å². The van der Waals surface area contributed by atoms with Crippen molar-refractivity contribution in [2.75, 3.05) is 6.61 Å². The highest BCUT2D eigenvalue weighted by Crippen LogP contribution is 2.15. The molecule has 0 saturated carbocycles. The fourth-order valence-electron chi connectivity index (χ4n) is 1.30. The molecular formula is C12H11ClN2O2. The van der Waals surface area contributed by atoms with Crippen LogP contribution in [0.3, 0.4) is 0 Å². The Morgan fingerprint density at radius 2 is 2.06 bits per heavy atom. The molecule has 17 heavy (non-hydrogen) atoms. The zero-order chi connectivity index (χ0) is 12.3. The predicted molar refractivity (Wildman–Crippen MR) is 64.5 cm³/mol. The first-order valence-corrected chi connectivity index (χ1v) is 5.47. The van der Waals surface area contributed by atoms with Crippen LogP contribution < -0.4 is 4.74 Å². The average Bonchev–Trinajstić information content (AvgIpc) is 2.75. The van der Waals surface area contributed by atoms with Crippen LogP contribution in [0, 0.1) is 6.92 Å². The Bertz CT molecular complexity index is 520. The maximum absolute atomic E-state index is 11.6. The summed E-state index contributed by atoms with van der Waals surface area (Å²) in [7, 11) is 0. The van der Waals surface area contributed by atoms with Crippen molar-refractivity contribution in [2.24, 2.45) is 0 Å². The monoisotopic (exact) mass is 250 g/mol. The molecule has 0 fully saturated rings. The molecule has 1 aromatic carbocycles. The minimum atomic E-state index is -0.215. The Morgan fingerprint density at radius 3 is 2.65 bits per heavy atom. The maximum Gasteiger partial charge on any atom is 0.284 e. The Morgan fingerprint density at radius 1 is 1.35 bits per heavy atom. The highest BCUT2D eigenvalue weighted by atomic mass is 35.5. The summed E-state index contributed by atoms with van der Waals surface area (Å²) < 4.78 is 6.59. The Hall–Kier alpha value is -1.81. The molecule has 2 aromatic rings. The molecule has 0 atom stereocenters. The van der Waals surface area contributed by atoms with Gasteiger partial charge in [-0.05, 0) is 37.3 Å². The van der Waals surface area contributed by atoms with Crippen LogP contribution in [0.4, 0.5) is 0 Å². The highest BCUT2D eigenvalue weighted by molar-refractivity contribution is 6.30. The molecule has 0 spiro atoms. The normalized spacial score (nSPS) is 10.2. The van der Waals surface area contributed by atoms with E-state index in [4.69, 9.17) is 16.3 Å². The van der Waals surface area contributed by atoms with Crippen LogP contribution in [-0.2, 0) is 0 Å². The van der Waals surface area contributed by atoms with Gasteiger partial charge in [-0.2, -0.15) is 5.10 Å². The van der Waals surface area contributed by atoms with Crippen molar-refractivity contribution in [3.63, 3.8) is 0 Å². The lowest BCUT2D eigenvalue weighted by Crippen LogP contribution is -2.19. The number of aryl methyl sites for hydroxylation is 1. The van der Waals surface area contributed by atoms with Gasteiger partial charge >= 0.3 is 0 Å². The third kappa shape index (κ3) is 3.07. The molecule has 0 aliphatic heterocycles. The number of aromatic nitrogens is 2. The van der Waals surface area contributed by atoms with Crippen molar-refractivity contribution < 1.29 is 9.53 Å². The summed E-state index contributed by atoms with van der Waals surface area (Å²) in [6.45, 7) is 1.77. The molecule has 4 nitrogen and oxygen atoms in total. The summed E-state index contributed by atoms with van der Waals surface area (Å²) in [5, 5.41) is 4.63. The number of benzene rings is 1. The number of ether oxygens (including phenoxy) is 1. The number of carbonyl (C=O) groups excluding carboxylic acids is 1. The molecule has 1 heterocycles. The average molecular weight is 251 g/mol. The van der Waals surface area contributed by atoms with Gasteiger partial charge in [-0.3, -0.25) is 4.79 Å². The van der Waals surface area contributed by atoms with Crippen molar-refractivity contribution in [1.82, 2.24) is 9.78 Å². The summed E-state index contributed by atoms with van der Waals surface area (Å²) in [5.74, 6) is 0.389. The standard InChI is InChI=1S/C12H11ClN2O2/c1-9-6-7-15(14-9)12(16)8-17-11-4-2-10(13)3-5-11/h2-7H,8H2,1H3. The SMILES string of the molecule is Cc1ccn(C(=O)COc2ccc(Cl)cc2)n1. The van der Waals surface area contributed by atoms with Crippen LogP contribution in [0.5, 0.6) is 5.75 Å². The van der Waals surface area contributed by atoms with Gasteiger partial charge in [0.1, 0.15) is 5.75 Å². The van der Waals surface area contributed by atoms with Gasteiger partial charge in [0.15, 0.2) is 6.61 Å². The third-order valence-corrected chi connectivity index (χ3v) is 2.41. The van der Waals surface area contributed by atoms with Gasteiger partial charge < -0.3 is 4.74 Å². The lowest BCUT2D eigenvalue weighted by Gasteiger charge is -2.05. The van der Waals surface area contributed by atoms with Gasteiger partial charge in [0.2, 0.25) is 0 Å². The fraction of sp³-hybridized carbons (Fsp3) is 0.167. The molecule has 88 valence electrons. The number of carbonyl (C=O) groups is 1. The first kappa shape index (κ1) is 11.7. The van der Waals surface area contributed by atoms with Crippen LogP contribution in [0.25, 0.3) is 0 Å². The maximum atomic E-state index is 11.6. The zero-order valence-electron chi connectivity index (χ0n) is 9.26. The van der Waals surface area contributed by atoms with Crippen molar-refractivity contribution in [3.8, 4) is 5.75 Å². The molecule has 0 N–H and O–H groups in total.